The second kappa shape index (κ2) is 7.53. The Labute approximate surface area is 163 Å². The van der Waals surface area contributed by atoms with Gasteiger partial charge in [-0.1, -0.05) is 12.1 Å². The molecule has 2 unspecified atom stereocenters. The number of aliphatic hydroxyl groups is 1. The number of hydrogen-bond donors (Lipinski definition) is 2. The molecule has 1 aliphatic rings. The van der Waals surface area contributed by atoms with Crippen LogP contribution in [0.5, 0.6) is 5.75 Å². The molecule has 29 heavy (non-hydrogen) atoms. The molecule has 1 saturated heterocycles. The maximum atomic E-state index is 13.3. The molecule has 9 heteroatoms. The van der Waals surface area contributed by atoms with Gasteiger partial charge in [0.1, 0.15) is 11.4 Å². The predicted molar refractivity (Wildman–Crippen MR) is 93.3 cm³/mol. The van der Waals surface area contributed by atoms with Crippen molar-refractivity contribution in [1.29, 1.82) is 0 Å². The molecule has 1 heterocycles. The van der Waals surface area contributed by atoms with E-state index >= 15 is 0 Å². The second-order valence-electron chi connectivity index (χ2n) is 6.99. The monoisotopic (exact) mass is 419 g/mol. The first-order chi connectivity index (χ1) is 13.4. The Morgan fingerprint density at radius 2 is 1.62 bits per heavy atom. The van der Waals surface area contributed by atoms with Gasteiger partial charge >= 0.3 is 12.4 Å². The van der Waals surface area contributed by atoms with Crippen molar-refractivity contribution >= 4 is 0 Å². The number of methoxy groups -OCH3 is 1. The molecule has 0 amide bonds. The Morgan fingerprint density at radius 1 is 1.00 bits per heavy atom. The molecule has 3 nitrogen and oxygen atoms in total. The van der Waals surface area contributed by atoms with E-state index in [0.717, 1.165) is 0 Å². The molecule has 158 valence electrons. The fourth-order valence-corrected chi connectivity index (χ4v) is 3.66. The summed E-state index contributed by atoms with van der Waals surface area (Å²) < 4.78 is 84.6. The van der Waals surface area contributed by atoms with Crippen LogP contribution in [0, 0.1) is 0 Å². The lowest BCUT2D eigenvalue weighted by molar-refractivity contribution is -0.143. The van der Waals surface area contributed by atoms with Crippen molar-refractivity contribution in [2.45, 2.75) is 36.8 Å². The first kappa shape index (κ1) is 21.4. The molecule has 2 N–H and O–H groups in total. The highest BCUT2D eigenvalue weighted by atomic mass is 19.4. The van der Waals surface area contributed by atoms with Crippen LogP contribution in [0.25, 0.3) is 0 Å². The zero-order chi connectivity index (χ0) is 21.4. The number of hydrogen-bond acceptors (Lipinski definition) is 3. The lowest BCUT2D eigenvalue weighted by atomic mass is 9.76. The van der Waals surface area contributed by atoms with Crippen molar-refractivity contribution in [3.63, 3.8) is 0 Å². The number of benzene rings is 2. The van der Waals surface area contributed by atoms with Gasteiger partial charge in [-0.05, 0) is 60.8 Å². The number of alkyl halides is 6. The third-order valence-electron chi connectivity index (χ3n) is 5.07. The quantitative estimate of drug-likeness (QED) is 0.685. The van der Waals surface area contributed by atoms with Crippen molar-refractivity contribution in [3.05, 3.63) is 64.7 Å². The fraction of sp³-hybridized carbons (Fsp3) is 0.400. The van der Waals surface area contributed by atoms with Crippen LogP contribution in [0.15, 0.2) is 42.5 Å². The van der Waals surface area contributed by atoms with Crippen LogP contribution in [-0.4, -0.2) is 18.8 Å². The zero-order valence-electron chi connectivity index (χ0n) is 15.4. The summed E-state index contributed by atoms with van der Waals surface area (Å²) in [5.41, 5.74) is -4.47. The van der Waals surface area contributed by atoms with Crippen molar-refractivity contribution in [2.24, 2.45) is 0 Å². The molecule has 0 radical (unpaired) electrons. The summed E-state index contributed by atoms with van der Waals surface area (Å²) in [4.78, 5) is 0. The van der Waals surface area contributed by atoms with Gasteiger partial charge in [-0.15, -0.1) is 0 Å². The van der Waals surface area contributed by atoms with Crippen molar-refractivity contribution in [2.75, 3.05) is 13.7 Å². The molecular weight excluding hydrogens is 400 g/mol. The third-order valence-corrected chi connectivity index (χ3v) is 5.07. The summed E-state index contributed by atoms with van der Waals surface area (Å²) >= 11 is 0. The lowest BCUT2D eigenvalue weighted by Gasteiger charge is -2.42. The molecule has 1 fully saturated rings. The minimum absolute atomic E-state index is 0.0803. The van der Waals surface area contributed by atoms with Crippen LogP contribution in [0.2, 0.25) is 0 Å². The topological polar surface area (TPSA) is 41.5 Å². The largest absolute Gasteiger partial charge is 0.497 e. The van der Waals surface area contributed by atoms with Gasteiger partial charge in [0.15, 0.2) is 0 Å². The number of halogens is 6. The maximum absolute atomic E-state index is 13.3. The molecule has 0 bridgehead atoms. The smallest absolute Gasteiger partial charge is 0.416 e. The summed E-state index contributed by atoms with van der Waals surface area (Å²) in [7, 11) is 1.42. The van der Waals surface area contributed by atoms with Crippen molar-refractivity contribution in [1.82, 2.24) is 5.32 Å². The summed E-state index contributed by atoms with van der Waals surface area (Å²) in [5, 5.41) is 14.3. The van der Waals surface area contributed by atoms with Crippen LogP contribution in [-0.2, 0) is 18.0 Å². The minimum Gasteiger partial charge on any atom is -0.497 e. The van der Waals surface area contributed by atoms with E-state index in [2.05, 4.69) is 5.32 Å². The van der Waals surface area contributed by atoms with E-state index in [-0.39, 0.29) is 18.1 Å². The van der Waals surface area contributed by atoms with E-state index in [1.54, 1.807) is 18.2 Å². The molecule has 0 spiro atoms. The first-order valence-electron chi connectivity index (χ1n) is 8.85. The average molecular weight is 419 g/mol. The van der Waals surface area contributed by atoms with Crippen LogP contribution < -0.4 is 10.1 Å². The van der Waals surface area contributed by atoms with E-state index in [1.807, 2.05) is 0 Å². The highest BCUT2D eigenvalue weighted by Crippen LogP contribution is 2.45. The second-order valence-corrected chi connectivity index (χ2v) is 6.99. The third kappa shape index (κ3) is 4.35. The summed E-state index contributed by atoms with van der Waals surface area (Å²) in [6.07, 6.45) is -9.26. The van der Waals surface area contributed by atoms with Gasteiger partial charge < -0.3 is 15.2 Å². The van der Waals surface area contributed by atoms with Crippen LogP contribution in [0.3, 0.4) is 0 Å². The summed E-state index contributed by atoms with van der Waals surface area (Å²) in [6, 6.07) is 6.56. The molecule has 2 atom stereocenters. The Morgan fingerprint density at radius 3 is 2.17 bits per heavy atom. The molecule has 2 aromatic rings. The van der Waals surface area contributed by atoms with Crippen molar-refractivity contribution in [3.8, 4) is 5.75 Å². The molecule has 1 aliphatic heterocycles. The normalized spacial score (nSPS) is 23.1. The van der Waals surface area contributed by atoms with Gasteiger partial charge in [0, 0.05) is 0 Å². The Kier molecular flexibility index (Phi) is 5.57. The van der Waals surface area contributed by atoms with Gasteiger partial charge in [0.05, 0.1) is 24.3 Å². The van der Waals surface area contributed by atoms with Crippen LogP contribution in [0.1, 0.15) is 41.1 Å². The summed E-state index contributed by atoms with van der Waals surface area (Å²) in [5.74, 6) is 0.417. The number of piperidine rings is 1. The highest BCUT2D eigenvalue weighted by molar-refractivity contribution is 5.40. The molecule has 3 rings (SSSR count). The van der Waals surface area contributed by atoms with E-state index in [9.17, 15) is 31.4 Å². The van der Waals surface area contributed by atoms with Gasteiger partial charge in [0.25, 0.3) is 0 Å². The lowest BCUT2D eigenvalue weighted by Crippen LogP contribution is -2.46. The maximum Gasteiger partial charge on any atom is 0.416 e. The fourth-order valence-electron chi connectivity index (χ4n) is 3.66. The standard InChI is InChI=1S/C20H19F6NO2/c1-29-16-5-2-4-13(11-16)18(28)6-3-7-27-17(18)12-8-14(19(21,22)23)10-15(9-12)20(24,25)26/h2,4-5,8-11,17,27-28H,3,6-7H2,1H3. The molecule has 0 aromatic heterocycles. The highest BCUT2D eigenvalue weighted by Gasteiger charge is 2.44. The Balaban J connectivity index is 2.15. The van der Waals surface area contributed by atoms with Crippen molar-refractivity contribution < 1.29 is 36.2 Å². The first-order valence-corrected chi connectivity index (χ1v) is 8.85. The van der Waals surface area contributed by atoms with E-state index in [1.165, 1.54) is 13.2 Å². The molecule has 2 aromatic carbocycles. The van der Waals surface area contributed by atoms with Gasteiger partial charge in [-0.25, -0.2) is 0 Å². The Hall–Kier alpha value is -2.26. The zero-order valence-corrected chi connectivity index (χ0v) is 15.4. The van der Waals surface area contributed by atoms with Gasteiger partial charge in [-0.3, -0.25) is 0 Å². The Bertz CT molecular complexity index is 848. The van der Waals surface area contributed by atoms with E-state index in [0.29, 0.717) is 36.4 Å². The number of ether oxygens (including phenoxy) is 1. The minimum atomic E-state index is -4.96. The van der Waals surface area contributed by atoms with E-state index < -0.39 is 35.1 Å². The average Bonchev–Trinajstić information content (AvgIpc) is 2.66. The number of nitrogens with one attached hydrogen (secondary N) is 1. The predicted octanol–water partition coefficient (Wildman–Crippen LogP) is 5.05. The van der Waals surface area contributed by atoms with Crippen LogP contribution >= 0.6 is 0 Å². The molecular formula is C20H19F6NO2. The molecule has 0 aliphatic carbocycles. The van der Waals surface area contributed by atoms with Crippen LogP contribution in [0.4, 0.5) is 26.3 Å². The molecule has 0 saturated carbocycles. The number of rotatable bonds is 3. The summed E-state index contributed by atoms with van der Waals surface area (Å²) in [6.45, 7) is 0.342. The van der Waals surface area contributed by atoms with Gasteiger partial charge in [0.2, 0.25) is 0 Å². The SMILES string of the molecule is COc1cccc(C2(O)CCCNC2c2cc(C(F)(F)F)cc(C(F)(F)F)c2)c1. The van der Waals surface area contributed by atoms with E-state index in [4.69, 9.17) is 4.74 Å². The van der Waals surface area contributed by atoms with Gasteiger partial charge in [-0.2, -0.15) is 26.3 Å².